The van der Waals surface area contributed by atoms with Crippen LogP contribution >= 0.6 is 11.8 Å². The van der Waals surface area contributed by atoms with Crippen LogP contribution in [0.3, 0.4) is 0 Å². The summed E-state index contributed by atoms with van der Waals surface area (Å²) >= 11 is 1.63. The van der Waals surface area contributed by atoms with E-state index in [1.807, 2.05) is 48.5 Å². The van der Waals surface area contributed by atoms with Crippen molar-refractivity contribution in [2.75, 3.05) is 11.1 Å². The van der Waals surface area contributed by atoms with Crippen molar-refractivity contribution in [3.8, 4) is 22.5 Å². The SMILES string of the molecule is O=C(CCCSc1nc(-c2ccccc2)c(-c2ccccc2)[nH]1)Nc1ccccn1. The Bertz CT molecular complexity index is 1030. The minimum Gasteiger partial charge on any atom is -0.332 e. The van der Waals surface area contributed by atoms with E-state index in [1.54, 1.807) is 24.0 Å². The molecule has 0 saturated carbocycles. The largest absolute Gasteiger partial charge is 0.332 e. The third-order valence-corrected chi connectivity index (χ3v) is 5.47. The fourth-order valence-electron chi connectivity index (χ4n) is 3.08. The summed E-state index contributed by atoms with van der Waals surface area (Å²) in [5.41, 5.74) is 4.13. The van der Waals surface area contributed by atoms with Crippen LogP contribution in [0.5, 0.6) is 0 Å². The number of aromatic nitrogens is 3. The van der Waals surface area contributed by atoms with Crippen molar-refractivity contribution in [1.29, 1.82) is 0 Å². The number of pyridine rings is 1. The van der Waals surface area contributed by atoms with Crippen molar-refractivity contribution in [3.63, 3.8) is 0 Å². The van der Waals surface area contributed by atoms with E-state index in [0.717, 1.165) is 39.8 Å². The fraction of sp³-hybridized carbons (Fsp3) is 0.125. The molecule has 2 aromatic carbocycles. The Morgan fingerprint density at radius 3 is 2.30 bits per heavy atom. The van der Waals surface area contributed by atoms with Crippen LogP contribution < -0.4 is 5.32 Å². The number of anilines is 1. The standard InChI is InChI=1S/C24H22N4OS/c29-21(26-20-14-7-8-16-25-20)15-9-17-30-24-27-22(18-10-3-1-4-11-18)23(28-24)19-12-5-2-6-13-19/h1-8,10-14,16H,9,15,17H2,(H,27,28)(H,25,26,29). The Morgan fingerprint density at radius 1 is 0.900 bits per heavy atom. The molecule has 1 amide bonds. The Kier molecular flexibility index (Phi) is 6.57. The monoisotopic (exact) mass is 414 g/mol. The van der Waals surface area contributed by atoms with E-state index in [0.29, 0.717) is 12.2 Å². The number of carbonyl (C=O) groups is 1. The molecule has 2 N–H and O–H groups in total. The molecular formula is C24H22N4OS. The molecule has 0 fully saturated rings. The number of nitrogens with one attached hydrogen (secondary N) is 2. The van der Waals surface area contributed by atoms with Crippen LogP contribution in [0.15, 0.2) is 90.2 Å². The highest BCUT2D eigenvalue weighted by atomic mass is 32.2. The molecule has 0 spiro atoms. The topological polar surface area (TPSA) is 70.7 Å². The van der Waals surface area contributed by atoms with E-state index in [-0.39, 0.29) is 5.91 Å². The summed E-state index contributed by atoms with van der Waals surface area (Å²) < 4.78 is 0. The zero-order valence-electron chi connectivity index (χ0n) is 16.4. The normalized spacial score (nSPS) is 10.7. The molecule has 4 rings (SSSR count). The van der Waals surface area contributed by atoms with Crippen LogP contribution in [-0.2, 0) is 4.79 Å². The summed E-state index contributed by atoms with van der Waals surface area (Å²) in [5.74, 6) is 1.36. The number of hydrogen-bond donors (Lipinski definition) is 2. The predicted octanol–water partition coefficient (Wildman–Crippen LogP) is 5.65. The van der Waals surface area contributed by atoms with Gasteiger partial charge in [-0.1, -0.05) is 78.5 Å². The van der Waals surface area contributed by atoms with Crippen LogP contribution in [0.4, 0.5) is 5.82 Å². The Morgan fingerprint density at radius 2 is 1.60 bits per heavy atom. The quantitative estimate of drug-likeness (QED) is 0.289. The Hall–Kier alpha value is -3.38. The third kappa shape index (κ3) is 5.15. The maximum absolute atomic E-state index is 12.1. The highest BCUT2D eigenvalue weighted by Crippen LogP contribution is 2.32. The Labute approximate surface area is 180 Å². The summed E-state index contributed by atoms with van der Waals surface area (Å²) in [6.45, 7) is 0. The first kappa shape index (κ1) is 19.9. The smallest absolute Gasteiger partial charge is 0.225 e. The molecule has 0 radical (unpaired) electrons. The molecule has 6 heteroatoms. The van der Waals surface area contributed by atoms with Crippen molar-refractivity contribution < 1.29 is 4.79 Å². The molecule has 0 atom stereocenters. The molecule has 4 aromatic rings. The Balaban J connectivity index is 1.40. The van der Waals surface area contributed by atoms with Crippen molar-refractivity contribution in [2.45, 2.75) is 18.0 Å². The van der Waals surface area contributed by atoms with Crippen molar-refractivity contribution in [3.05, 3.63) is 85.1 Å². The first-order valence-electron chi connectivity index (χ1n) is 9.84. The summed E-state index contributed by atoms with van der Waals surface area (Å²) in [6, 6.07) is 25.9. The van der Waals surface area contributed by atoms with Crippen LogP contribution in [0.1, 0.15) is 12.8 Å². The molecule has 0 unspecified atom stereocenters. The van der Waals surface area contributed by atoms with E-state index in [9.17, 15) is 4.79 Å². The minimum absolute atomic E-state index is 0.0244. The lowest BCUT2D eigenvalue weighted by Crippen LogP contribution is -2.12. The second kappa shape index (κ2) is 9.89. The van der Waals surface area contributed by atoms with Gasteiger partial charge in [0.2, 0.25) is 5.91 Å². The molecule has 0 bridgehead atoms. The number of H-pyrrole nitrogens is 1. The van der Waals surface area contributed by atoms with Gasteiger partial charge in [-0.25, -0.2) is 9.97 Å². The van der Waals surface area contributed by atoms with Gasteiger partial charge < -0.3 is 10.3 Å². The van der Waals surface area contributed by atoms with Crippen molar-refractivity contribution >= 4 is 23.5 Å². The molecule has 0 aliphatic heterocycles. The van der Waals surface area contributed by atoms with Gasteiger partial charge in [-0.3, -0.25) is 4.79 Å². The molecule has 2 heterocycles. The molecule has 30 heavy (non-hydrogen) atoms. The number of imidazole rings is 1. The first-order valence-corrected chi connectivity index (χ1v) is 10.8. The van der Waals surface area contributed by atoms with Gasteiger partial charge in [-0.2, -0.15) is 0 Å². The first-order chi connectivity index (χ1) is 14.8. The van der Waals surface area contributed by atoms with E-state index in [2.05, 4.69) is 39.6 Å². The van der Waals surface area contributed by atoms with Crippen molar-refractivity contribution in [2.24, 2.45) is 0 Å². The number of carbonyl (C=O) groups excluding carboxylic acids is 1. The van der Waals surface area contributed by atoms with Crippen LogP contribution in [-0.4, -0.2) is 26.6 Å². The van der Waals surface area contributed by atoms with E-state index >= 15 is 0 Å². The lowest BCUT2D eigenvalue weighted by molar-refractivity contribution is -0.116. The number of aromatic amines is 1. The van der Waals surface area contributed by atoms with Gasteiger partial charge in [0.25, 0.3) is 0 Å². The second-order valence-electron chi connectivity index (χ2n) is 6.71. The lowest BCUT2D eigenvalue weighted by Gasteiger charge is -2.03. The average molecular weight is 415 g/mol. The van der Waals surface area contributed by atoms with E-state index < -0.39 is 0 Å². The van der Waals surface area contributed by atoms with Crippen LogP contribution in [0.25, 0.3) is 22.5 Å². The molecule has 5 nitrogen and oxygen atoms in total. The van der Waals surface area contributed by atoms with Gasteiger partial charge in [0.1, 0.15) is 5.82 Å². The van der Waals surface area contributed by atoms with Crippen LogP contribution in [0.2, 0.25) is 0 Å². The van der Waals surface area contributed by atoms with Gasteiger partial charge in [0.15, 0.2) is 5.16 Å². The number of thioether (sulfide) groups is 1. The number of amides is 1. The second-order valence-corrected chi connectivity index (χ2v) is 7.80. The minimum atomic E-state index is -0.0244. The summed E-state index contributed by atoms with van der Waals surface area (Å²) in [7, 11) is 0. The lowest BCUT2D eigenvalue weighted by atomic mass is 10.1. The molecule has 0 aliphatic rings. The summed E-state index contributed by atoms with van der Waals surface area (Å²) in [5, 5.41) is 3.67. The number of nitrogens with zero attached hydrogens (tertiary/aromatic N) is 2. The average Bonchev–Trinajstić information content (AvgIpc) is 3.23. The number of benzene rings is 2. The van der Waals surface area contributed by atoms with Crippen molar-refractivity contribution in [1.82, 2.24) is 15.0 Å². The highest BCUT2D eigenvalue weighted by Gasteiger charge is 2.14. The summed E-state index contributed by atoms with van der Waals surface area (Å²) in [4.78, 5) is 24.5. The number of hydrogen-bond acceptors (Lipinski definition) is 4. The van der Waals surface area contributed by atoms with Gasteiger partial charge >= 0.3 is 0 Å². The molecule has 0 saturated heterocycles. The maximum atomic E-state index is 12.1. The van der Waals surface area contributed by atoms with E-state index in [1.165, 1.54) is 0 Å². The molecular weight excluding hydrogens is 392 g/mol. The molecule has 150 valence electrons. The zero-order valence-corrected chi connectivity index (χ0v) is 17.2. The van der Waals surface area contributed by atoms with E-state index in [4.69, 9.17) is 4.98 Å². The van der Waals surface area contributed by atoms with Gasteiger partial charge in [0.05, 0.1) is 11.4 Å². The summed E-state index contributed by atoms with van der Waals surface area (Å²) in [6.07, 6.45) is 2.86. The van der Waals surface area contributed by atoms with Crippen LogP contribution in [0, 0.1) is 0 Å². The molecule has 2 aromatic heterocycles. The highest BCUT2D eigenvalue weighted by molar-refractivity contribution is 7.99. The third-order valence-electron chi connectivity index (χ3n) is 4.51. The van der Waals surface area contributed by atoms with Gasteiger partial charge in [-0.05, 0) is 18.6 Å². The van der Waals surface area contributed by atoms with Gasteiger partial charge in [-0.15, -0.1) is 0 Å². The zero-order chi connectivity index (χ0) is 20.6. The predicted molar refractivity (Wildman–Crippen MR) is 122 cm³/mol. The maximum Gasteiger partial charge on any atom is 0.225 e. The molecule has 0 aliphatic carbocycles. The number of rotatable bonds is 8. The van der Waals surface area contributed by atoms with Gasteiger partial charge in [0, 0.05) is 29.5 Å². The fourth-order valence-corrected chi connectivity index (χ4v) is 3.89.